The first-order valence-corrected chi connectivity index (χ1v) is 5.16. The first-order chi connectivity index (χ1) is 9.13. The maximum atomic E-state index is 10.7. The van der Waals surface area contributed by atoms with Gasteiger partial charge in [-0.3, -0.25) is 15.5 Å². The molecule has 100 valence electrons. The maximum absolute atomic E-state index is 10.7. The van der Waals surface area contributed by atoms with E-state index in [2.05, 4.69) is 20.6 Å². The largest absolute Gasteiger partial charge is 0.452 e. The molecule has 0 aliphatic carbocycles. The number of para-hydroxylation sites is 1. The van der Waals surface area contributed by atoms with Gasteiger partial charge in [0.25, 0.3) is 0 Å². The minimum absolute atomic E-state index is 0.319. The average Bonchev–Trinajstić information content (AvgIpc) is 2.43. The van der Waals surface area contributed by atoms with Gasteiger partial charge < -0.3 is 4.74 Å². The van der Waals surface area contributed by atoms with Crippen molar-refractivity contribution in [3.8, 4) is 0 Å². The number of nitro groups is 1. The SMILES string of the molecule is COC(=O)NN/C=C(/C=Nc1ccccc1)[N+](=O)[O-]. The number of allylic oxidation sites excluding steroid dienone is 1. The maximum Gasteiger partial charge on any atom is 0.425 e. The Bertz CT molecular complexity index is 499. The van der Waals surface area contributed by atoms with Gasteiger partial charge in [-0.1, -0.05) is 18.2 Å². The lowest BCUT2D eigenvalue weighted by Gasteiger charge is -2.01. The smallest absolute Gasteiger partial charge is 0.425 e. The molecule has 0 fully saturated rings. The summed E-state index contributed by atoms with van der Waals surface area (Å²) in [5, 5.41) is 10.7. The van der Waals surface area contributed by atoms with Crippen LogP contribution in [0.1, 0.15) is 0 Å². The third-order valence-corrected chi connectivity index (χ3v) is 1.89. The lowest BCUT2D eigenvalue weighted by molar-refractivity contribution is -0.414. The summed E-state index contributed by atoms with van der Waals surface area (Å²) in [5.74, 6) is 0. The predicted octanol–water partition coefficient (Wildman–Crippen LogP) is 1.37. The van der Waals surface area contributed by atoms with E-state index >= 15 is 0 Å². The number of ether oxygens (including phenoxy) is 1. The molecule has 0 aliphatic heterocycles. The van der Waals surface area contributed by atoms with Crippen molar-refractivity contribution >= 4 is 18.0 Å². The molecule has 0 atom stereocenters. The second kappa shape index (κ2) is 7.43. The van der Waals surface area contributed by atoms with Gasteiger partial charge >= 0.3 is 11.8 Å². The molecule has 0 unspecified atom stereocenters. The van der Waals surface area contributed by atoms with Gasteiger partial charge in [-0.05, 0) is 12.1 Å². The molecule has 8 nitrogen and oxygen atoms in total. The molecule has 8 heteroatoms. The number of carbonyl (C=O) groups excluding carboxylic acids is 1. The molecule has 2 N–H and O–H groups in total. The first kappa shape index (κ1) is 14.2. The van der Waals surface area contributed by atoms with Crippen LogP contribution in [0.2, 0.25) is 0 Å². The zero-order chi connectivity index (χ0) is 14.1. The number of hydrogen-bond acceptors (Lipinski definition) is 6. The number of rotatable bonds is 5. The summed E-state index contributed by atoms with van der Waals surface area (Å²) in [4.78, 5) is 24.7. The van der Waals surface area contributed by atoms with Gasteiger partial charge in [0.2, 0.25) is 0 Å². The Morgan fingerprint density at radius 2 is 2.11 bits per heavy atom. The zero-order valence-electron chi connectivity index (χ0n) is 10.1. The summed E-state index contributed by atoms with van der Waals surface area (Å²) in [6.45, 7) is 0. The summed E-state index contributed by atoms with van der Waals surface area (Å²) in [7, 11) is 1.17. The van der Waals surface area contributed by atoms with E-state index in [0.29, 0.717) is 5.69 Å². The van der Waals surface area contributed by atoms with E-state index in [-0.39, 0.29) is 5.70 Å². The predicted molar refractivity (Wildman–Crippen MR) is 68.3 cm³/mol. The van der Waals surface area contributed by atoms with Crippen molar-refractivity contribution in [3.63, 3.8) is 0 Å². The van der Waals surface area contributed by atoms with Crippen LogP contribution in [-0.2, 0) is 4.74 Å². The Hall–Kier alpha value is -2.90. The number of aliphatic imine (C=N–C) groups is 1. The van der Waals surface area contributed by atoms with Crippen molar-refractivity contribution in [1.82, 2.24) is 10.9 Å². The van der Waals surface area contributed by atoms with E-state index in [1.807, 2.05) is 6.07 Å². The van der Waals surface area contributed by atoms with Crippen LogP contribution in [0.25, 0.3) is 0 Å². The molecule has 0 saturated carbocycles. The molecule has 0 heterocycles. The third kappa shape index (κ3) is 5.31. The highest BCUT2D eigenvalue weighted by Gasteiger charge is 2.06. The number of hydrogen-bond donors (Lipinski definition) is 2. The van der Waals surface area contributed by atoms with Crippen LogP contribution in [0.5, 0.6) is 0 Å². The molecule has 0 bridgehead atoms. The van der Waals surface area contributed by atoms with Crippen LogP contribution in [0, 0.1) is 10.1 Å². The normalized spacial score (nSPS) is 11.1. The van der Waals surface area contributed by atoms with E-state index in [0.717, 1.165) is 12.4 Å². The van der Waals surface area contributed by atoms with Crippen LogP contribution in [-0.4, -0.2) is 24.3 Å². The quantitative estimate of drug-likeness (QED) is 0.474. The molecule has 1 rings (SSSR count). The number of carbonyl (C=O) groups is 1. The van der Waals surface area contributed by atoms with Gasteiger partial charge in [0.15, 0.2) is 0 Å². The molecule has 19 heavy (non-hydrogen) atoms. The molecule has 0 spiro atoms. The summed E-state index contributed by atoms with van der Waals surface area (Å²) >= 11 is 0. The fourth-order valence-electron chi connectivity index (χ4n) is 1.01. The van der Waals surface area contributed by atoms with Crippen molar-refractivity contribution < 1.29 is 14.5 Å². The van der Waals surface area contributed by atoms with Crippen molar-refractivity contribution in [2.24, 2.45) is 4.99 Å². The molecule has 0 aromatic heterocycles. The van der Waals surface area contributed by atoms with Crippen molar-refractivity contribution in [3.05, 3.63) is 52.3 Å². The van der Waals surface area contributed by atoms with Crippen LogP contribution in [0.4, 0.5) is 10.5 Å². The van der Waals surface area contributed by atoms with Gasteiger partial charge in [0.1, 0.15) is 6.21 Å². The molecule has 0 saturated heterocycles. The molecular formula is C11H12N4O4. The van der Waals surface area contributed by atoms with E-state index in [4.69, 9.17) is 0 Å². The van der Waals surface area contributed by atoms with Gasteiger partial charge in [0.05, 0.1) is 23.9 Å². The highest BCUT2D eigenvalue weighted by Crippen LogP contribution is 2.09. The fourth-order valence-corrected chi connectivity index (χ4v) is 1.01. The third-order valence-electron chi connectivity index (χ3n) is 1.89. The molecule has 1 aromatic carbocycles. The highest BCUT2D eigenvalue weighted by molar-refractivity contribution is 5.78. The topological polar surface area (TPSA) is 106 Å². The average molecular weight is 264 g/mol. The Balaban J connectivity index is 2.68. The lowest BCUT2D eigenvalue weighted by Crippen LogP contribution is -2.34. The Kier molecular flexibility index (Phi) is 5.54. The molecule has 0 aliphatic rings. The summed E-state index contributed by atoms with van der Waals surface area (Å²) in [6, 6.07) is 8.74. The van der Waals surface area contributed by atoms with Crippen molar-refractivity contribution in [2.45, 2.75) is 0 Å². The van der Waals surface area contributed by atoms with Crippen molar-refractivity contribution in [2.75, 3.05) is 7.11 Å². The number of benzene rings is 1. The summed E-state index contributed by atoms with van der Waals surface area (Å²) < 4.78 is 4.28. The van der Waals surface area contributed by atoms with Crippen LogP contribution in [0.15, 0.2) is 47.2 Å². The summed E-state index contributed by atoms with van der Waals surface area (Å²) in [5.41, 5.74) is 4.56. The number of methoxy groups -OCH3 is 1. The minimum atomic E-state index is -0.765. The molecule has 1 amide bonds. The standard InChI is InChI=1S/C11H12N4O4/c1-19-11(16)14-13-8-10(15(17)18)7-12-9-5-3-2-4-6-9/h2-8,13H,1H3,(H,14,16)/b10-8-,12-7?. The fraction of sp³-hybridized carbons (Fsp3) is 0.0909. The monoisotopic (exact) mass is 264 g/mol. The Morgan fingerprint density at radius 3 is 2.68 bits per heavy atom. The number of hydrazine groups is 1. The number of nitrogens with one attached hydrogen (secondary N) is 2. The van der Waals surface area contributed by atoms with Gasteiger partial charge in [-0.2, -0.15) is 0 Å². The molecule has 0 radical (unpaired) electrons. The molecular weight excluding hydrogens is 252 g/mol. The Morgan fingerprint density at radius 1 is 1.42 bits per heavy atom. The lowest BCUT2D eigenvalue weighted by atomic mass is 10.3. The van der Waals surface area contributed by atoms with E-state index in [1.165, 1.54) is 7.11 Å². The second-order valence-corrected chi connectivity index (χ2v) is 3.18. The summed E-state index contributed by atoms with van der Waals surface area (Å²) in [6.07, 6.45) is 1.30. The van der Waals surface area contributed by atoms with Crippen LogP contribution >= 0.6 is 0 Å². The van der Waals surface area contributed by atoms with Gasteiger partial charge in [-0.25, -0.2) is 15.2 Å². The minimum Gasteiger partial charge on any atom is -0.452 e. The van der Waals surface area contributed by atoms with Gasteiger partial charge in [0, 0.05) is 0 Å². The van der Waals surface area contributed by atoms with Crippen LogP contribution < -0.4 is 10.9 Å². The number of nitrogens with zero attached hydrogens (tertiary/aromatic N) is 2. The Labute approximate surface area is 108 Å². The highest BCUT2D eigenvalue weighted by atomic mass is 16.6. The molecule has 1 aromatic rings. The second-order valence-electron chi connectivity index (χ2n) is 3.18. The van der Waals surface area contributed by atoms with Crippen LogP contribution in [0.3, 0.4) is 0 Å². The van der Waals surface area contributed by atoms with E-state index in [9.17, 15) is 14.9 Å². The van der Waals surface area contributed by atoms with Gasteiger partial charge in [-0.15, -0.1) is 0 Å². The first-order valence-electron chi connectivity index (χ1n) is 5.16. The van der Waals surface area contributed by atoms with E-state index < -0.39 is 11.0 Å². The zero-order valence-corrected chi connectivity index (χ0v) is 10.1. The number of amides is 1. The van der Waals surface area contributed by atoms with E-state index in [1.54, 1.807) is 24.3 Å². The van der Waals surface area contributed by atoms with Crippen molar-refractivity contribution in [1.29, 1.82) is 0 Å².